The summed E-state index contributed by atoms with van der Waals surface area (Å²) in [6.07, 6.45) is 5.49. The van der Waals surface area contributed by atoms with E-state index in [1.165, 1.54) is 6.33 Å². The third-order valence-electron chi connectivity index (χ3n) is 4.59. The summed E-state index contributed by atoms with van der Waals surface area (Å²) in [7, 11) is 0. The van der Waals surface area contributed by atoms with Crippen molar-refractivity contribution in [1.82, 2.24) is 19.9 Å². The van der Waals surface area contributed by atoms with Gasteiger partial charge in [-0.25, -0.2) is 9.97 Å². The highest BCUT2D eigenvalue weighted by Crippen LogP contribution is 2.21. The minimum absolute atomic E-state index is 0.0131. The molecule has 8 nitrogen and oxygen atoms in total. The third-order valence-corrected chi connectivity index (χ3v) is 4.59. The van der Waals surface area contributed by atoms with Gasteiger partial charge in [0.25, 0.3) is 5.91 Å². The van der Waals surface area contributed by atoms with Crippen molar-refractivity contribution < 1.29 is 14.3 Å². The summed E-state index contributed by atoms with van der Waals surface area (Å²) in [4.78, 5) is 29.0. The molecule has 2 fully saturated rings. The summed E-state index contributed by atoms with van der Waals surface area (Å²) < 4.78 is 11.4. The van der Waals surface area contributed by atoms with E-state index in [1.807, 2.05) is 6.07 Å². The second-order valence-electron chi connectivity index (χ2n) is 6.34. The first-order valence-corrected chi connectivity index (χ1v) is 8.80. The molecule has 26 heavy (non-hydrogen) atoms. The minimum atomic E-state index is -0.0666. The molecule has 0 aromatic carbocycles. The molecule has 0 saturated carbocycles. The zero-order valence-electron chi connectivity index (χ0n) is 14.5. The molecule has 2 aliphatic heterocycles. The van der Waals surface area contributed by atoms with Crippen LogP contribution in [-0.4, -0.2) is 71.3 Å². The van der Waals surface area contributed by atoms with Crippen LogP contribution in [0.5, 0.6) is 5.88 Å². The molecule has 136 valence electrons. The highest BCUT2D eigenvalue weighted by molar-refractivity contribution is 5.94. The molecule has 0 bridgehead atoms. The molecule has 2 saturated heterocycles. The van der Waals surface area contributed by atoms with Gasteiger partial charge in [0.15, 0.2) is 0 Å². The van der Waals surface area contributed by atoms with Gasteiger partial charge in [-0.1, -0.05) is 0 Å². The first-order chi connectivity index (χ1) is 12.8. The number of hydrogen-bond donors (Lipinski definition) is 0. The van der Waals surface area contributed by atoms with Gasteiger partial charge < -0.3 is 19.3 Å². The molecule has 2 aromatic heterocycles. The molecule has 0 spiro atoms. The van der Waals surface area contributed by atoms with Crippen LogP contribution < -0.4 is 9.64 Å². The summed E-state index contributed by atoms with van der Waals surface area (Å²) in [5.74, 6) is 1.38. The summed E-state index contributed by atoms with van der Waals surface area (Å²) in [6, 6.07) is 5.41. The van der Waals surface area contributed by atoms with Crippen LogP contribution in [0.4, 0.5) is 5.82 Å². The summed E-state index contributed by atoms with van der Waals surface area (Å²) in [5.41, 5.74) is 0.602. The quantitative estimate of drug-likeness (QED) is 0.809. The van der Waals surface area contributed by atoms with Crippen molar-refractivity contribution in [3.8, 4) is 5.88 Å². The monoisotopic (exact) mass is 355 g/mol. The number of aromatic nitrogens is 3. The fourth-order valence-corrected chi connectivity index (χ4v) is 3.21. The van der Waals surface area contributed by atoms with Crippen LogP contribution in [0.3, 0.4) is 0 Å². The molecule has 0 N–H and O–H groups in total. The Hall–Kier alpha value is -2.74. The highest BCUT2D eigenvalue weighted by Gasteiger charge is 2.28. The number of pyridine rings is 1. The van der Waals surface area contributed by atoms with Crippen molar-refractivity contribution in [2.24, 2.45) is 0 Å². The number of nitrogens with zero attached hydrogens (tertiary/aromatic N) is 5. The summed E-state index contributed by atoms with van der Waals surface area (Å²) in [6.45, 7) is 4.24. The number of morpholine rings is 1. The number of rotatable bonds is 4. The molecule has 0 aliphatic carbocycles. The predicted octanol–water partition coefficient (Wildman–Crippen LogP) is 1.00. The van der Waals surface area contributed by atoms with Crippen molar-refractivity contribution in [3.05, 3.63) is 42.5 Å². The van der Waals surface area contributed by atoms with Crippen molar-refractivity contribution in [3.63, 3.8) is 0 Å². The van der Waals surface area contributed by atoms with Gasteiger partial charge in [-0.3, -0.25) is 9.78 Å². The molecule has 4 heterocycles. The number of carbonyl (C=O) groups is 1. The molecule has 1 atom stereocenters. The van der Waals surface area contributed by atoms with Crippen LogP contribution in [0.2, 0.25) is 0 Å². The van der Waals surface area contributed by atoms with Crippen LogP contribution in [0.1, 0.15) is 16.8 Å². The predicted molar refractivity (Wildman–Crippen MR) is 94.2 cm³/mol. The van der Waals surface area contributed by atoms with Crippen molar-refractivity contribution in [2.75, 3.05) is 44.3 Å². The Morgan fingerprint density at radius 2 is 2.12 bits per heavy atom. The van der Waals surface area contributed by atoms with Gasteiger partial charge in [-0.2, -0.15) is 0 Å². The number of hydrogen-bond acceptors (Lipinski definition) is 7. The lowest BCUT2D eigenvalue weighted by atomic mass is 10.2. The highest BCUT2D eigenvalue weighted by atomic mass is 16.5. The topological polar surface area (TPSA) is 80.7 Å². The van der Waals surface area contributed by atoms with Gasteiger partial charge in [0, 0.05) is 44.5 Å². The Bertz CT molecular complexity index is 752. The Labute approximate surface area is 151 Å². The molecule has 8 heteroatoms. The van der Waals surface area contributed by atoms with Crippen LogP contribution in [-0.2, 0) is 4.74 Å². The summed E-state index contributed by atoms with van der Waals surface area (Å²) >= 11 is 0. The lowest BCUT2D eigenvalue weighted by Gasteiger charge is -2.27. The Kier molecular flexibility index (Phi) is 4.92. The lowest BCUT2D eigenvalue weighted by molar-refractivity contribution is 0.0770. The molecule has 4 rings (SSSR count). The van der Waals surface area contributed by atoms with Crippen molar-refractivity contribution in [2.45, 2.75) is 12.5 Å². The van der Waals surface area contributed by atoms with Gasteiger partial charge in [-0.05, 0) is 12.1 Å². The lowest BCUT2D eigenvalue weighted by Crippen LogP contribution is -2.36. The first kappa shape index (κ1) is 16.7. The number of ether oxygens (including phenoxy) is 2. The van der Waals surface area contributed by atoms with Gasteiger partial charge >= 0.3 is 0 Å². The largest absolute Gasteiger partial charge is 0.472 e. The number of likely N-dealkylation sites (tertiary alicyclic amines) is 1. The first-order valence-electron chi connectivity index (χ1n) is 8.80. The maximum atomic E-state index is 12.5. The average molecular weight is 355 g/mol. The number of carbonyl (C=O) groups excluding carboxylic acids is 1. The molecule has 1 amide bonds. The standard InChI is InChI=1S/C18H21N5O3/c24-18(14-2-1-4-19-11-14)23-5-3-15(12-23)26-17-10-16(20-13-21-17)22-6-8-25-9-7-22/h1-2,4,10-11,13,15H,3,5-9,12H2/t15-/m1/s1. The van der Waals surface area contributed by atoms with E-state index in [0.717, 1.165) is 25.3 Å². The maximum Gasteiger partial charge on any atom is 0.255 e. The maximum absolute atomic E-state index is 12.5. The molecule has 0 radical (unpaired) electrons. The molecular weight excluding hydrogens is 334 g/mol. The smallest absolute Gasteiger partial charge is 0.255 e. The van der Waals surface area contributed by atoms with Crippen LogP contribution in [0, 0.1) is 0 Å². The van der Waals surface area contributed by atoms with Crippen molar-refractivity contribution >= 4 is 11.7 Å². The molecule has 2 aliphatic rings. The van der Waals surface area contributed by atoms with Crippen molar-refractivity contribution in [1.29, 1.82) is 0 Å². The Balaban J connectivity index is 1.37. The molecule has 2 aromatic rings. The second-order valence-corrected chi connectivity index (χ2v) is 6.34. The van der Waals surface area contributed by atoms with Crippen LogP contribution in [0.15, 0.2) is 36.9 Å². The Morgan fingerprint density at radius 1 is 1.23 bits per heavy atom. The van der Waals surface area contributed by atoms with E-state index in [-0.39, 0.29) is 12.0 Å². The van der Waals surface area contributed by atoms with E-state index in [9.17, 15) is 4.79 Å². The van der Waals surface area contributed by atoms with E-state index < -0.39 is 0 Å². The van der Waals surface area contributed by atoms with Crippen LogP contribution in [0.25, 0.3) is 0 Å². The van der Waals surface area contributed by atoms with Gasteiger partial charge in [0.2, 0.25) is 5.88 Å². The second kappa shape index (κ2) is 7.65. The third kappa shape index (κ3) is 3.75. The fraction of sp³-hybridized carbons (Fsp3) is 0.444. The van der Waals surface area contributed by atoms with E-state index in [2.05, 4.69) is 19.9 Å². The zero-order valence-corrected chi connectivity index (χ0v) is 14.5. The Morgan fingerprint density at radius 3 is 2.92 bits per heavy atom. The van der Waals surface area contributed by atoms with E-state index in [0.29, 0.717) is 37.7 Å². The van der Waals surface area contributed by atoms with Gasteiger partial charge in [-0.15, -0.1) is 0 Å². The molecule has 0 unspecified atom stereocenters. The number of amides is 1. The molecular formula is C18H21N5O3. The fourth-order valence-electron chi connectivity index (χ4n) is 3.21. The normalized spacial score (nSPS) is 20.2. The SMILES string of the molecule is O=C(c1cccnc1)N1CC[C@@H](Oc2cc(N3CCOCC3)ncn2)C1. The minimum Gasteiger partial charge on any atom is -0.472 e. The van der Waals surface area contributed by atoms with Crippen LogP contribution >= 0.6 is 0 Å². The van der Waals surface area contributed by atoms with Gasteiger partial charge in [0.05, 0.1) is 25.3 Å². The average Bonchev–Trinajstić information content (AvgIpc) is 3.17. The zero-order chi connectivity index (χ0) is 17.8. The van der Waals surface area contributed by atoms with E-state index in [1.54, 1.807) is 29.4 Å². The van der Waals surface area contributed by atoms with Gasteiger partial charge in [0.1, 0.15) is 18.2 Å². The van der Waals surface area contributed by atoms with E-state index in [4.69, 9.17) is 9.47 Å². The number of anilines is 1. The van der Waals surface area contributed by atoms with E-state index >= 15 is 0 Å². The summed E-state index contributed by atoms with van der Waals surface area (Å²) in [5, 5.41) is 0.